The van der Waals surface area contributed by atoms with Gasteiger partial charge in [0.2, 0.25) is 5.91 Å². The average Bonchev–Trinajstić information content (AvgIpc) is 3.29. The van der Waals surface area contributed by atoms with Gasteiger partial charge in [0.15, 0.2) is 0 Å². The first kappa shape index (κ1) is 19.6. The van der Waals surface area contributed by atoms with Gasteiger partial charge in [0.25, 0.3) is 0 Å². The molecule has 3 nitrogen and oxygen atoms in total. The number of likely N-dealkylation sites (N-methyl/N-ethyl adjacent to an activating group) is 1. The maximum Gasteiger partial charge on any atom is 2.00 e. The number of carbonyl (C=O) groups is 1. The van der Waals surface area contributed by atoms with Crippen LogP contribution < -0.4 is 4.90 Å². The minimum absolute atomic E-state index is 0. The summed E-state index contributed by atoms with van der Waals surface area (Å²) in [6.45, 7) is 0.197. The first-order valence-corrected chi connectivity index (χ1v) is 8.74. The maximum absolute atomic E-state index is 12.0. The van der Waals surface area contributed by atoms with Gasteiger partial charge in [0.05, 0.1) is 0 Å². The van der Waals surface area contributed by atoms with E-state index in [2.05, 4.69) is 34.0 Å². The predicted octanol–water partition coefficient (Wildman–Crippen LogP) is 4.88. The van der Waals surface area contributed by atoms with Crippen molar-refractivity contribution in [3.63, 3.8) is 0 Å². The first-order valence-electron chi connectivity index (χ1n) is 7.66. The van der Waals surface area contributed by atoms with E-state index in [4.69, 9.17) is 0 Å². The van der Waals surface area contributed by atoms with Crippen molar-refractivity contribution >= 4 is 39.9 Å². The zero-order chi connectivity index (χ0) is 16.9. The molecule has 2 aromatic carbocycles. The smallest absolute Gasteiger partial charge is 0.676 e. The van der Waals surface area contributed by atoms with Crippen LogP contribution in [0.1, 0.15) is 5.56 Å². The average molecular weight is 484 g/mol. The third kappa shape index (κ3) is 4.69. The molecule has 1 aliphatic carbocycles. The Morgan fingerprint density at radius 2 is 1.84 bits per heavy atom. The molecule has 25 heavy (non-hydrogen) atoms. The molecule has 2 aliphatic rings. The van der Waals surface area contributed by atoms with E-state index < -0.39 is 0 Å². The van der Waals surface area contributed by atoms with Crippen molar-refractivity contribution in [2.45, 2.75) is 0 Å². The fourth-order valence-electron chi connectivity index (χ4n) is 2.56. The van der Waals surface area contributed by atoms with Gasteiger partial charge in [0, 0.05) is 16.3 Å². The van der Waals surface area contributed by atoms with Crippen LogP contribution in [0, 0.1) is 3.57 Å². The van der Waals surface area contributed by atoms with Crippen LogP contribution >= 0.6 is 22.6 Å². The van der Waals surface area contributed by atoms with Gasteiger partial charge in [-0.15, -0.1) is 5.70 Å². The molecule has 0 aromatic heterocycles. The topological polar surface area (TPSA) is 34.4 Å². The van der Waals surface area contributed by atoms with Gasteiger partial charge in [-0.1, -0.05) is 24.3 Å². The van der Waals surface area contributed by atoms with E-state index in [0.717, 1.165) is 26.1 Å². The summed E-state index contributed by atoms with van der Waals surface area (Å²) < 4.78 is 1.14. The molecule has 0 fully saturated rings. The molecule has 2 aromatic rings. The molecule has 0 radical (unpaired) electrons. The minimum Gasteiger partial charge on any atom is -0.676 e. The summed E-state index contributed by atoms with van der Waals surface area (Å²) in [4.78, 5) is 13.7. The number of amides is 1. The second-order valence-corrected chi connectivity index (χ2v) is 6.66. The molecule has 1 aliphatic heterocycles. The van der Waals surface area contributed by atoms with Crippen LogP contribution in [-0.2, 0) is 21.9 Å². The zero-order valence-electron chi connectivity index (χ0n) is 13.7. The van der Waals surface area contributed by atoms with Crippen LogP contribution in [0.2, 0.25) is 0 Å². The van der Waals surface area contributed by atoms with Gasteiger partial charge >= 0.3 is 17.1 Å². The summed E-state index contributed by atoms with van der Waals surface area (Å²) in [5, 5.41) is 4.50. The van der Waals surface area contributed by atoms with Crippen LogP contribution in [-0.4, -0.2) is 19.5 Å². The van der Waals surface area contributed by atoms with E-state index in [1.165, 1.54) is 0 Å². The Morgan fingerprint density at radius 1 is 1.16 bits per heavy atom. The second-order valence-electron chi connectivity index (χ2n) is 5.41. The molecule has 1 heterocycles. The molecule has 0 bridgehead atoms. The number of hydrogen-bond donors (Lipinski definition) is 0. The number of anilines is 1. The monoisotopic (exact) mass is 484 g/mol. The summed E-state index contributed by atoms with van der Waals surface area (Å²) in [5.74, 6) is 0.0176. The van der Waals surface area contributed by atoms with E-state index in [1.54, 1.807) is 11.9 Å². The van der Waals surface area contributed by atoms with E-state index in [9.17, 15) is 4.79 Å². The number of halogens is 1. The van der Waals surface area contributed by atoms with Crippen LogP contribution in [0.15, 0.2) is 78.4 Å². The van der Waals surface area contributed by atoms with Crippen molar-refractivity contribution in [1.82, 2.24) is 0 Å². The maximum atomic E-state index is 12.0. The van der Waals surface area contributed by atoms with Gasteiger partial charge in [0.1, 0.15) is 0 Å². The van der Waals surface area contributed by atoms with Gasteiger partial charge in [-0.2, -0.15) is 18.2 Å². The molecule has 0 spiro atoms. The van der Waals surface area contributed by atoms with Crippen molar-refractivity contribution in [3.8, 4) is 0 Å². The molecule has 0 unspecified atom stereocenters. The van der Waals surface area contributed by atoms with Crippen molar-refractivity contribution in [3.05, 3.63) is 92.9 Å². The van der Waals surface area contributed by atoms with Crippen molar-refractivity contribution in [2.24, 2.45) is 0 Å². The Hall–Kier alpha value is -1.69. The summed E-state index contributed by atoms with van der Waals surface area (Å²) in [5.41, 5.74) is 3.90. The third-order valence-electron chi connectivity index (χ3n) is 3.81. The number of benzene rings is 1. The predicted molar refractivity (Wildman–Crippen MR) is 108 cm³/mol. The van der Waals surface area contributed by atoms with Crippen LogP contribution in [0.3, 0.4) is 0 Å². The van der Waals surface area contributed by atoms with Gasteiger partial charge in [-0.05, 0) is 58.5 Å². The Bertz CT molecular complexity index is 791. The number of allylic oxidation sites excluding steroid dienone is 5. The van der Waals surface area contributed by atoms with E-state index >= 15 is 0 Å². The number of hydrogen-bond acceptors (Lipinski definition) is 1. The fraction of sp³-hybridized carbons (Fsp3) is 0.100. The Kier molecular flexibility index (Phi) is 7.17. The molecule has 1 amide bonds. The number of rotatable bonds is 0. The molecule has 0 saturated carbocycles. The third-order valence-corrected chi connectivity index (χ3v) is 4.48. The van der Waals surface area contributed by atoms with E-state index in [0.29, 0.717) is 0 Å². The molecule has 128 valence electrons. The quantitative estimate of drug-likeness (QED) is 0.298. The van der Waals surface area contributed by atoms with Crippen LogP contribution in [0.25, 0.3) is 11.0 Å². The fourth-order valence-corrected chi connectivity index (χ4v) is 3.05. The second kappa shape index (κ2) is 9.13. The van der Waals surface area contributed by atoms with Crippen molar-refractivity contribution < 1.29 is 21.9 Å². The summed E-state index contributed by atoms with van der Waals surface area (Å²) in [6, 6.07) is 16.1. The van der Waals surface area contributed by atoms with Crippen LogP contribution in [0.4, 0.5) is 5.69 Å². The van der Waals surface area contributed by atoms with Gasteiger partial charge < -0.3 is 10.2 Å². The standard InChI is InChI=1S/C15H12IN2O.C5H5.Fe/c1-18-13-7-6-11(16)8-12(13)15(17-9-14(18)19)10-4-2-3-5-10;1-2-4-5-3-1;/h2-8H,9H2,1H3;1-5H;/q2*-1;+2. The SMILES string of the molecule is CN1C(=O)C[N-]C(=C2C=CC=C2)c2cc(I)ccc21.[Fe+2].c1cc[cH-]c1. The van der Waals surface area contributed by atoms with Crippen LogP contribution in [0.5, 0.6) is 0 Å². The van der Waals surface area contributed by atoms with Gasteiger partial charge in [-0.3, -0.25) is 4.79 Å². The molecule has 4 rings (SSSR count). The van der Waals surface area contributed by atoms with Crippen molar-refractivity contribution in [1.29, 1.82) is 0 Å². The normalized spacial score (nSPS) is 15.0. The van der Waals surface area contributed by atoms with E-state index in [-0.39, 0.29) is 29.5 Å². The molecule has 5 heteroatoms. The summed E-state index contributed by atoms with van der Waals surface area (Å²) >= 11 is 2.28. The first-order chi connectivity index (χ1) is 11.7. The largest absolute Gasteiger partial charge is 2.00 e. The number of nitrogens with zero attached hydrogens (tertiary/aromatic N) is 2. The summed E-state index contributed by atoms with van der Waals surface area (Å²) in [7, 11) is 1.80. The number of fused-ring (bicyclic) bond motifs is 1. The molecule has 0 N–H and O–H groups in total. The van der Waals surface area contributed by atoms with E-state index in [1.807, 2.05) is 66.8 Å². The van der Waals surface area contributed by atoms with Crippen molar-refractivity contribution in [2.75, 3.05) is 18.5 Å². The molecular weight excluding hydrogens is 467 g/mol. The zero-order valence-corrected chi connectivity index (χ0v) is 16.9. The number of carbonyl (C=O) groups excluding carboxylic acids is 1. The summed E-state index contributed by atoms with van der Waals surface area (Å²) in [6.07, 6.45) is 8.03. The minimum atomic E-state index is 0. The molecule has 0 saturated heterocycles. The van der Waals surface area contributed by atoms with Gasteiger partial charge in [-0.25, -0.2) is 12.1 Å². The Morgan fingerprint density at radius 3 is 2.44 bits per heavy atom. The Labute approximate surface area is 172 Å². The Balaban J connectivity index is 0.000000325. The molecular formula is C20H17FeIN2O. The molecule has 0 atom stereocenters.